The highest BCUT2D eigenvalue weighted by Gasteiger charge is 2.14. The van der Waals surface area contributed by atoms with Gasteiger partial charge in [-0.3, -0.25) is 4.98 Å². The monoisotopic (exact) mass is 368 g/mol. The van der Waals surface area contributed by atoms with Crippen molar-refractivity contribution in [2.45, 2.75) is 13.3 Å². The molecule has 0 atom stereocenters. The van der Waals surface area contributed by atoms with Gasteiger partial charge in [-0.25, -0.2) is 14.5 Å². The Kier molecular flexibility index (Phi) is 3.10. The van der Waals surface area contributed by atoms with Crippen LogP contribution >= 0.6 is 22.9 Å². The summed E-state index contributed by atoms with van der Waals surface area (Å²) in [6, 6.07) is 5.73. The zero-order valence-corrected chi connectivity index (χ0v) is 15.1. The van der Waals surface area contributed by atoms with Crippen LogP contribution in [0.15, 0.2) is 30.6 Å². The molecule has 5 rings (SSSR count). The van der Waals surface area contributed by atoms with E-state index in [1.165, 1.54) is 0 Å². The molecule has 0 N–H and O–H groups in total. The molecule has 0 amide bonds. The fourth-order valence-corrected chi connectivity index (χ4v) is 4.08. The predicted octanol–water partition coefficient (Wildman–Crippen LogP) is 3.78. The van der Waals surface area contributed by atoms with E-state index in [4.69, 9.17) is 16.6 Å². The summed E-state index contributed by atoms with van der Waals surface area (Å²) < 4.78 is 3.93. The Labute approximate surface area is 151 Å². The fourth-order valence-electron chi connectivity index (χ4n) is 3.17. The Morgan fingerprint density at radius 2 is 2.08 bits per heavy atom. The first-order chi connectivity index (χ1) is 12.1. The van der Waals surface area contributed by atoms with Crippen molar-refractivity contribution in [2.24, 2.45) is 7.05 Å². The molecule has 0 saturated heterocycles. The Hall–Kier alpha value is -2.51. The lowest BCUT2D eigenvalue weighted by molar-refractivity contribution is 0.835. The molecular weight excluding hydrogens is 356 g/mol. The highest BCUT2D eigenvalue weighted by molar-refractivity contribution is 7.16. The van der Waals surface area contributed by atoms with E-state index >= 15 is 0 Å². The number of aromatic nitrogens is 6. The number of pyridine rings is 1. The maximum atomic E-state index is 6.18. The topological polar surface area (TPSA) is 60.9 Å². The van der Waals surface area contributed by atoms with E-state index in [1.807, 2.05) is 49.1 Å². The SMILES string of the molecule is Cc1nn2cc(Cc3nc4cnc5ccc(Cl)cc5c4n3C)nc2s1. The van der Waals surface area contributed by atoms with E-state index < -0.39 is 0 Å². The van der Waals surface area contributed by atoms with Gasteiger partial charge in [0, 0.05) is 23.9 Å². The second-order valence-corrected chi connectivity index (χ2v) is 7.59. The van der Waals surface area contributed by atoms with Crippen LogP contribution in [-0.4, -0.2) is 29.1 Å². The summed E-state index contributed by atoms with van der Waals surface area (Å²) in [6.45, 7) is 1.98. The van der Waals surface area contributed by atoms with Gasteiger partial charge < -0.3 is 4.57 Å². The number of imidazole rings is 2. The van der Waals surface area contributed by atoms with E-state index in [2.05, 4.69) is 19.6 Å². The maximum absolute atomic E-state index is 6.18. The summed E-state index contributed by atoms with van der Waals surface area (Å²) in [6.07, 6.45) is 4.42. The quantitative estimate of drug-likeness (QED) is 0.475. The molecule has 0 spiro atoms. The lowest BCUT2D eigenvalue weighted by Gasteiger charge is -2.03. The lowest BCUT2D eigenvalue weighted by atomic mass is 10.2. The summed E-state index contributed by atoms with van der Waals surface area (Å²) in [4.78, 5) is 14.8. The van der Waals surface area contributed by atoms with Gasteiger partial charge in [0.2, 0.25) is 4.96 Å². The summed E-state index contributed by atoms with van der Waals surface area (Å²) in [5.41, 5.74) is 3.76. The number of hydrogen-bond acceptors (Lipinski definition) is 5. The largest absolute Gasteiger partial charge is 0.330 e. The van der Waals surface area contributed by atoms with Gasteiger partial charge in [-0.05, 0) is 25.1 Å². The molecule has 0 aliphatic rings. The number of hydrogen-bond donors (Lipinski definition) is 0. The average molecular weight is 369 g/mol. The molecule has 5 aromatic rings. The zero-order valence-electron chi connectivity index (χ0n) is 13.6. The van der Waals surface area contributed by atoms with Crippen LogP contribution in [-0.2, 0) is 13.5 Å². The highest BCUT2D eigenvalue weighted by Crippen LogP contribution is 2.27. The Morgan fingerprint density at radius 3 is 2.92 bits per heavy atom. The smallest absolute Gasteiger partial charge is 0.212 e. The van der Waals surface area contributed by atoms with Crippen LogP contribution in [0.4, 0.5) is 0 Å². The average Bonchev–Trinajstić information content (AvgIpc) is 3.19. The normalized spacial score (nSPS) is 12.0. The number of rotatable bonds is 2. The van der Waals surface area contributed by atoms with Gasteiger partial charge in [-0.1, -0.05) is 22.9 Å². The first kappa shape index (κ1) is 14.8. The summed E-state index contributed by atoms with van der Waals surface area (Å²) >= 11 is 7.76. The number of aryl methyl sites for hydroxylation is 2. The number of benzene rings is 1. The van der Waals surface area contributed by atoms with Crippen molar-refractivity contribution in [1.82, 2.24) is 29.1 Å². The second-order valence-electron chi connectivity index (χ2n) is 6.00. The first-order valence-corrected chi connectivity index (χ1v) is 8.99. The molecule has 8 heteroatoms. The maximum Gasteiger partial charge on any atom is 0.212 e. The van der Waals surface area contributed by atoms with E-state index in [0.717, 1.165) is 43.4 Å². The molecule has 4 aromatic heterocycles. The van der Waals surface area contributed by atoms with Crippen LogP contribution in [0.1, 0.15) is 16.5 Å². The minimum Gasteiger partial charge on any atom is -0.330 e. The van der Waals surface area contributed by atoms with Gasteiger partial charge in [-0.2, -0.15) is 5.10 Å². The van der Waals surface area contributed by atoms with Gasteiger partial charge >= 0.3 is 0 Å². The van der Waals surface area contributed by atoms with E-state index in [-0.39, 0.29) is 0 Å². The number of nitrogens with zero attached hydrogens (tertiary/aromatic N) is 6. The second kappa shape index (κ2) is 5.24. The zero-order chi connectivity index (χ0) is 17.1. The Bertz CT molecular complexity index is 1230. The first-order valence-electron chi connectivity index (χ1n) is 7.80. The van der Waals surface area contributed by atoms with Crippen molar-refractivity contribution in [2.75, 3.05) is 0 Å². The van der Waals surface area contributed by atoms with E-state index in [9.17, 15) is 0 Å². The molecule has 6 nitrogen and oxygen atoms in total. The molecule has 0 aliphatic carbocycles. The van der Waals surface area contributed by atoms with Crippen LogP contribution in [0.5, 0.6) is 0 Å². The number of fused-ring (bicyclic) bond motifs is 4. The minimum atomic E-state index is 0.641. The predicted molar refractivity (Wildman–Crippen MR) is 99.4 cm³/mol. The number of halogens is 1. The van der Waals surface area contributed by atoms with Crippen LogP contribution in [0, 0.1) is 6.92 Å². The van der Waals surface area contributed by atoms with Crippen LogP contribution in [0.2, 0.25) is 5.02 Å². The lowest BCUT2D eigenvalue weighted by Crippen LogP contribution is -1.99. The molecule has 0 radical (unpaired) electrons. The van der Waals surface area contributed by atoms with Crippen LogP contribution < -0.4 is 0 Å². The third-order valence-electron chi connectivity index (χ3n) is 4.29. The van der Waals surface area contributed by atoms with Crippen molar-refractivity contribution in [3.8, 4) is 0 Å². The summed E-state index contributed by atoms with van der Waals surface area (Å²) in [5, 5.41) is 7.12. The van der Waals surface area contributed by atoms with Crippen molar-refractivity contribution in [3.05, 3.63) is 52.1 Å². The molecule has 1 aromatic carbocycles. The molecule has 0 fully saturated rings. The Morgan fingerprint density at radius 1 is 1.20 bits per heavy atom. The van der Waals surface area contributed by atoms with Crippen LogP contribution in [0.3, 0.4) is 0 Å². The van der Waals surface area contributed by atoms with Crippen LogP contribution in [0.25, 0.3) is 26.9 Å². The van der Waals surface area contributed by atoms with Gasteiger partial charge in [0.05, 0.1) is 29.1 Å². The van der Waals surface area contributed by atoms with E-state index in [1.54, 1.807) is 11.3 Å². The Balaban J connectivity index is 1.65. The fraction of sp³-hybridized carbons (Fsp3) is 0.176. The molecule has 0 saturated carbocycles. The third kappa shape index (κ3) is 2.31. The minimum absolute atomic E-state index is 0.641. The molecule has 124 valence electrons. The van der Waals surface area contributed by atoms with Crippen molar-refractivity contribution in [1.29, 1.82) is 0 Å². The summed E-state index contributed by atoms with van der Waals surface area (Å²) in [7, 11) is 2.02. The van der Waals surface area contributed by atoms with Gasteiger partial charge in [-0.15, -0.1) is 0 Å². The van der Waals surface area contributed by atoms with Crippen molar-refractivity contribution >= 4 is 49.8 Å². The van der Waals surface area contributed by atoms with Gasteiger partial charge in [0.25, 0.3) is 0 Å². The molecule has 0 aliphatic heterocycles. The third-order valence-corrected chi connectivity index (χ3v) is 5.36. The molecule has 4 heterocycles. The van der Waals surface area contributed by atoms with Gasteiger partial charge in [0.15, 0.2) is 0 Å². The van der Waals surface area contributed by atoms with E-state index in [0.29, 0.717) is 11.4 Å². The molecule has 0 bridgehead atoms. The standard InChI is InChI=1S/C17H13ClN6S/c1-9-22-24-8-11(20-17(24)25-9)6-15-21-14-7-19-13-4-3-10(18)5-12(13)16(14)23(15)2/h3-5,7-8H,6H2,1-2H3. The molecule has 0 unspecified atom stereocenters. The molecular formula is C17H13ClN6S. The molecule has 25 heavy (non-hydrogen) atoms. The van der Waals surface area contributed by atoms with Crippen molar-refractivity contribution < 1.29 is 0 Å². The highest BCUT2D eigenvalue weighted by atomic mass is 35.5. The summed E-state index contributed by atoms with van der Waals surface area (Å²) in [5.74, 6) is 0.937. The van der Waals surface area contributed by atoms with Gasteiger partial charge in [0.1, 0.15) is 16.3 Å². The van der Waals surface area contributed by atoms with Crippen molar-refractivity contribution in [3.63, 3.8) is 0 Å².